The highest BCUT2D eigenvalue weighted by molar-refractivity contribution is 5.85. The van der Waals surface area contributed by atoms with Crippen molar-refractivity contribution < 1.29 is 19.0 Å². The Hall–Kier alpha value is -1.46. The number of carbonyl (C=O) groups is 1. The molecule has 0 fully saturated rings. The summed E-state index contributed by atoms with van der Waals surface area (Å²) in [4.78, 5) is 11.5. The van der Waals surface area contributed by atoms with Gasteiger partial charge in [0.2, 0.25) is 6.10 Å². The Kier molecular flexibility index (Phi) is 5.25. The number of hydrogen-bond donors (Lipinski definition) is 1. The molecule has 0 bridgehead atoms. The van der Waals surface area contributed by atoms with Gasteiger partial charge in [0.1, 0.15) is 6.61 Å². The fourth-order valence-corrected chi connectivity index (χ4v) is 1.59. The van der Waals surface area contributed by atoms with Crippen LogP contribution in [0.1, 0.15) is 12.5 Å². The minimum Gasteiger partial charge on any atom is -0.485 e. The second-order valence-electron chi connectivity index (χ2n) is 3.65. The van der Waals surface area contributed by atoms with Crippen molar-refractivity contribution in [3.05, 3.63) is 23.8 Å². The SMILES string of the molecule is CCOC(=O)C1COc2cc(CN)ccc2O1.Cl. The highest BCUT2D eigenvalue weighted by Crippen LogP contribution is 2.32. The first kappa shape index (κ1) is 14.6. The van der Waals surface area contributed by atoms with E-state index in [0.717, 1.165) is 5.56 Å². The first-order valence-corrected chi connectivity index (χ1v) is 5.53. The molecule has 0 radical (unpaired) electrons. The normalized spacial score (nSPS) is 16.7. The van der Waals surface area contributed by atoms with Crippen LogP contribution in [0, 0.1) is 0 Å². The van der Waals surface area contributed by atoms with Crippen LogP contribution in [-0.4, -0.2) is 25.3 Å². The van der Waals surface area contributed by atoms with Crippen molar-refractivity contribution in [3.63, 3.8) is 0 Å². The number of hydrogen-bond acceptors (Lipinski definition) is 5. The Morgan fingerprint density at radius 3 is 2.94 bits per heavy atom. The first-order valence-electron chi connectivity index (χ1n) is 5.53. The van der Waals surface area contributed by atoms with Crippen LogP contribution < -0.4 is 15.2 Å². The molecule has 0 aromatic heterocycles. The number of halogens is 1. The average Bonchev–Trinajstić information content (AvgIpc) is 2.37. The fourth-order valence-electron chi connectivity index (χ4n) is 1.59. The van der Waals surface area contributed by atoms with Gasteiger partial charge in [-0.1, -0.05) is 6.07 Å². The summed E-state index contributed by atoms with van der Waals surface area (Å²) in [6, 6.07) is 5.41. The molecule has 0 saturated carbocycles. The lowest BCUT2D eigenvalue weighted by Gasteiger charge is -2.25. The van der Waals surface area contributed by atoms with Gasteiger partial charge in [0.25, 0.3) is 0 Å². The van der Waals surface area contributed by atoms with E-state index in [-0.39, 0.29) is 19.0 Å². The summed E-state index contributed by atoms with van der Waals surface area (Å²) < 4.78 is 15.8. The van der Waals surface area contributed by atoms with E-state index in [1.807, 2.05) is 12.1 Å². The minimum absolute atomic E-state index is 0. The molecule has 1 aromatic carbocycles. The molecule has 2 rings (SSSR count). The van der Waals surface area contributed by atoms with Gasteiger partial charge >= 0.3 is 5.97 Å². The van der Waals surface area contributed by atoms with E-state index in [2.05, 4.69) is 0 Å². The van der Waals surface area contributed by atoms with Gasteiger partial charge in [-0.2, -0.15) is 0 Å². The Labute approximate surface area is 112 Å². The van der Waals surface area contributed by atoms with Gasteiger partial charge in [0.15, 0.2) is 11.5 Å². The lowest BCUT2D eigenvalue weighted by molar-refractivity contribution is -0.153. The van der Waals surface area contributed by atoms with Gasteiger partial charge in [-0.3, -0.25) is 0 Å². The molecule has 1 atom stereocenters. The maximum Gasteiger partial charge on any atom is 0.350 e. The monoisotopic (exact) mass is 273 g/mol. The molecular weight excluding hydrogens is 258 g/mol. The van der Waals surface area contributed by atoms with Gasteiger partial charge in [-0.05, 0) is 24.6 Å². The molecule has 2 N–H and O–H groups in total. The van der Waals surface area contributed by atoms with Gasteiger partial charge < -0.3 is 19.9 Å². The third-order valence-corrected chi connectivity index (χ3v) is 2.45. The molecule has 1 aromatic rings. The number of ether oxygens (including phenoxy) is 3. The topological polar surface area (TPSA) is 70.8 Å². The van der Waals surface area contributed by atoms with Crippen LogP contribution in [0.5, 0.6) is 11.5 Å². The molecule has 18 heavy (non-hydrogen) atoms. The van der Waals surface area contributed by atoms with E-state index in [1.165, 1.54) is 0 Å². The highest BCUT2D eigenvalue weighted by atomic mass is 35.5. The maximum atomic E-state index is 11.5. The quantitative estimate of drug-likeness (QED) is 0.840. The van der Waals surface area contributed by atoms with Crippen molar-refractivity contribution in [2.24, 2.45) is 5.73 Å². The predicted octanol–water partition coefficient (Wildman–Crippen LogP) is 1.27. The molecule has 0 amide bonds. The van der Waals surface area contributed by atoms with E-state index in [4.69, 9.17) is 19.9 Å². The van der Waals surface area contributed by atoms with Crippen LogP contribution in [0.4, 0.5) is 0 Å². The Balaban J connectivity index is 0.00000162. The molecule has 1 aliphatic rings. The number of rotatable bonds is 3. The highest BCUT2D eigenvalue weighted by Gasteiger charge is 2.28. The zero-order valence-corrected chi connectivity index (χ0v) is 10.9. The lowest BCUT2D eigenvalue weighted by atomic mass is 10.2. The van der Waals surface area contributed by atoms with Gasteiger partial charge in [-0.15, -0.1) is 12.4 Å². The fraction of sp³-hybridized carbons (Fsp3) is 0.417. The van der Waals surface area contributed by atoms with Crippen LogP contribution in [0.15, 0.2) is 18.2 Å². The van der Waals surface area contributed by atoms with E-state index < -0.39 is 12.1 Å². The summed E-state index contributed by atoms with van der Waals surface area (Å²) >= 11 is 0. The minimum atomic E-state index is -0.689. The van der Waals surface area contributed by atoms with Crippen LogP contribution >= 0.6 is 12.4 Å². The second kappa shape index (κ2) is 6.47. The first-order chi connectivity index (χ1) is 8.24. The molecule has 1 aliphatic heterocycles. The third-order valence-electron chi connectivity index (χ3n) is 2.45. The zero-order chi connectivity index (χ0) is 12.3. The Bertz CT molecular complexity index is 425. The number of fused-ring (bicyclic) bond motifs is 1. The molecular formula is C12H16ClNO4. The van der Waals surface area contributed by atoms with Crippen molar-refractivity contribution in [1.29, 1.82) is 0 Å². The van der Waals surface area contributed by atoms with Crippen molar-refractivity contribution in [2.75, 3.05) is 13.2 Å². The summed E-state index contributed by atoms with van der Waals surface area (Å²) in [5, 5.41) is 0. The molecule has 0 saturated heterocycles. The van der Waals surface area contributed by atoms with Crippen LogP contribution in [0.2, 0.25) is 0 Å². The van der Waals surface area contributed by atoms with E-state index in [0.29, 0.717) is 24.7 Å². The molecule has 6 heteroatoms. The predicted molar refractivity (Wildman–Crippen MR) is 68.1 cm³/mol. The Morgan fingerprint density at radius 1 is 1.50 bits per heavy atom. The Morgan fingerprint density at radius 2 is 2.28 bits per heavy atom. The largest absolute Gasteiger partial charge is 0.485 e. The lowest BCUT2D eigenvalue weighted by Crippen LogP contribution is -2.37. The molecule has 0 aliphatic carbocycles. The van der Waals surface area contributed by atoms with Crippen LogP contribution in [0.3, 0.4) is 0 Å². The van der Waals surface area contributed by atoms with Crippen LogP contribution in [-0.2, 0) is 16.1 Å². The molecule has 1 heterocycles. The maximum absolute atomic E-state index is 11.5. The number of nitrogens with two attached hydrogens (primary N) is 1. The smallest absolute Gasteiger partial charge is 0.350 e. The van der Waals surface area contributed by atoms with Gasteiger partial charge in [0, 0.05) is 6.54 Å². The number of esters is 1. The van der Waals surface area contributed by atoms with Crippen LogP contribution in [0.25, 0.3) is 0 Å². The number of carbonyl (C=O) groups excluding carboxylic acids is 1. The molecule has 0 spiro atoms. The summed E-state index contributed by atoms with van der Waals surface area (Å²) in [6.45, 7) is 2.69. The standard InChI is InChI=1S/C12H15NO4.ClH/c1-2-15-12(14)11-7-16-10-5-8(6-13)3-4-9(10)17-11;/h3-5,11H,2,6-7,13H2,1H3;1H. The summed E-state index contributed by atoms with van der Waals surface area (Å²) in [5.74, 6) is 0.765. The van der Waals surface area contributed by atoms with Crippen molar-refractivity contribution >= 4 is 18.4 Å². The van der Waals surface area contributed by atoms with E-state index in [9.17, 15) is 4.79 Å². The third kappa shape index (κ3) is 3.05. The summed E-state index contributed by atoms with van der Waals surface area (Å²) in [7, 11) is 0. The van der Waals surface area contributed by atoms with Crippen molar-refractivity contribution in [2.45, 2.75) is 19.6 Å². The second-order valence-corrected chi connectivity index (χ2v) is 3.65. The average molecular weight is 274 g/mol. The number of benzene rings is 1. The molecule has 100 valence electrons. The van der Waals surface area contributed by atoms with Gasteiger partial charge in [0.05, 0.1) is 6.61 Å². The zero-order valence-electron chi connectivity index (χ0n) is 10.0. The van der Waals surface area contributed by atoms with E-state index in [1.54, 1.807) is 13.0 Å². The van der Waals surface area contributed by atoms with E-state index >= 15 is 0 Å². The summed E-state index contributed by atoms with van der Waals surface area (Å²) in [5.41, 5.74) is 6.49. The van der Waals surface area contributed by atoms with Crippen molar-refractivity contribution in [1.82, 2.24) is 0 Å². The van der Waals surface area contributed by atoms with Crippen molar-refractivity contribution in [3.8, 4) is 11.5 Å². The molecule has 5 nitrogen and oxygen atoms in total. The molecule has 1 unspecified atom stereocenters. The summed E-state index contributed by atoms with van der Waals surface area (Å²) in [6.07, 6.45) is -0.689. The van der Waals surface area contributed by atoms with Gasteiger partial charge in [-0.25, -0.2) is 4.79 Å².